The molecule has 3 heterocycles. The average molecular weight is 467 g/mol. The summed E-state index contributed by atoms with van der Waals surface area (Å²) < 4.78 is 20.5. The summed E-state index contributed by atoms with van der Waals surface area (Å²) in [7, 11) is 3.47. The van der Waals surface area contributed by atoms with E-state index in [4.69, 9.17) is 14.0 Å². The van der Waals surface area contributed by atoms with Crippen molar-refractivity contribution in [3.63, 3.8) is 0 Å². The van der Waals surface area contributed by atoms with Gasteiger partial charge in [-0.1, -0.05) is 24.4 Å². The van der Waals surface area contributed by atoms with Crippen molar-refractivity contribution in [2.45, 2.75) is 57.9 Å². The third-order valence-corrected chi connectivity index (χ3v) is 7.02. The molecule has 3 aromatic rings. The summed E-state index contributed by atoms with van der Waals surface area (Å²) in [5.74, 6) is 1.36. The molecule has 0 atom stereocenters. The summed E-state index contributed by atoms with van der Waals surface area (Å²) in [5, 5.41) is 6.95. The van der Waals surface area contributed by atoms with Gasteiger partial charge in [0.1, 0.15) is 17.2 Å². The Labute approximate surface area is 197 Å². The predicted molar refractivity (Wildman–Crippen MR) is 127 cm³/mol. The quantitative estimate of drug-likeness (QED) is 0.617. The van der Waals surface area contributed by atoms with Crippen LogP contribution in [0, 0.1) is 6.92 Å². The van der Waals surface area contributed by atoms with E-state index in [9.17, 15) is 9.59 Å². The number of benzene rings is 1. The van der Waals surface area contributed by atoms with Crippen molar-refractivity contribution in [2.75, 3.05) is 19.0 Å². The van der Waals surface area contributed by atoms with Crippen LogP contribution in [0.25, 0.3) is 11.3 Å². The van der Waals surface area contributed by atoms with Crippen molar-refractivity contribution < 1.29 is 18.8 Å². The number of fused-ring (bicyclic) bond motifs is 3. The minimum atomic E-state index is -0.442. The Kier molecular flexibility index (Phi) is 5.93. The lowest BCUT2D eigenvalue weighted by Gasteiger charge is -2.24. The Morgan fingerprint density at radius 1 is 1.21 bits per heavy atom. The Balaban J connectivity index is 1.48. The third-order valence-electron chi connectivity index (χ3n) is 7.02. The molecular weight excluding hydrogens is 436 g/mol. The van der Waals surface area contributed by atoms with Gasteiger partial charge in [0.2, 0.25) is 0 Å². The second kappa shape index (κ2) is 9.04. The predicted octanol–water partition coefficient (Wildman–Crippen LogP) is 4.24. The highest BCUT2D eigenvalue weighted by molar-refractivity contribution is 6.05. The molecule has 0 spiro atoms. The van der Waals surface area contributed by atoms with E-state index >= 15 is 0 Å². The van der Waals surface area contributed by atoms with Crippen LogP contribution in [0.1, 0.15) is 66.3 Å². The lowest BCUT2D eigenvalue weighted by Crippen LogP contribution is -2.29. The van der Waals surface area contributed by atoms with Crippen LogP contribution in [0.2, 0.25) is 0 Å². The summed E-state index contributed by atoms with van der Waals surface area (Å²) >= 11 is 0. The van der Waals surface area contributed by atoms with Crippen molar-refractivity contribution in [1.29, 1.82) is 0 Å². The molecule has 1 aliphatic carbocycles. The number of ether oxygens (including phenoxy) is 2. The van der Waals surface area contributed by atoms with Crippen LogP contribution < -0.4 is 20.3 Å². The minimum absolute atomic E-state index is 0.163. The molecule has 1 saturated carbocycles. The zero-order valence-corrected chi connectivity index (χ0v) is 19.8. The van der Waals surface area contributed by atoms with E-state index in [1.54, 1.807) is 17.9 Å². The lowest BCUT2D eigenvalue weighted by atomic mass is 9.96. The molecule has 1 aromatic carbocycles. The van der Waals surface area contributed by atoms with E-state index in [1.165, 1.54) is 6.42 Å². The topological polar surface area (TPSA) is 101 Å². The number of rotatable bonds is 4. The number of aromatic nitrogens is 3. The van der Waals surface area contributed by atoms with E-state index in [2.05, 4.69) is 10.5 Å². The second-order valence-electron chi connectivity index (χ2n) is 9.03. The normalized spacial score (nSPS) is 16.1. The number of carbonyl (C=O) groups excluding carboxylic acids is 1. The highest BCUT2D eigenvalue weighted by Gasteiger charge is 2.29. The van der Waals surface area contributed by atoms with E-state index < -0.39 is 5.91 Å². The monoisotopic (exact) mass is 466 g/mol. The number of nitrogens with one attached hydrogen (secondary N) is 1. The molecule has 5 rings (SSSR count). The first-order valence-electron chi connectivity index (χ1n) is 11.9. The van der Waals surface area contributed by atoms with Gasteiger partial charge < -0.3 is 19.3 Å². The van der Waals surface area contributed by atoms with Crippen molar-refractivity contribution in [3.05, 3.63) is 45.5 Å². The van der Waals surface area contributed by atoms with Crippen molar-refractivity contribution in [2.24, 2.45) is 7.05 Å². The highest BCUT2D eigenvalue weighted by atomic mass is 16.5. The number of carbonyl (C=O) groups is 1. The molecule has 2 aliphatic rings. The summed E-state index contributed by atoms with van der Waals surface area (Å²) in [6.45, 7) is 2.35. The van der Waals surface area contributed by atoms with Gasteiger partial charge in [-0.25, -0.2) is 4.68 Å². The van der Waals surface area contributed by atoms with Gasteiger partial charge in [-0.2, -0.15) is 0 Å². The molecule has 1 aliphatic heterocycles. The van der Waals surface area contributed by atoms with Gasteiger partial charge in [-0.15, -0.1) is 0 Å². The van der Waals surface area contributed by atoms with Crippen molar-refractivity contribution >= 4 is 11.6 Å². The summed E-state index contributed by atoms with van der Waals surface area (Å²) in [5.41, 5.74) is 2.49. The largest absolute Gasteiger partial charge is 0.497 e. The lowest BCUT2D eigenvalue weighted by molar-refractivity contribution is 0.101. The zero-order valence-electron chi connectivity index (χ0n) is 19.8. The Morgan fingerprint density at radius 2 is 2.00 bits per heavy atom. The van der Waals surface area contributed by atoms with E-state index in [0.717, 1.165) is 36.9 Å². The Bertz CT molecular complexity index is 1280. The molecule has 1 amide bonds. The van der Waals surface area contributed by atoms with Crippen LogP contribution in [0.15, 0.2) is 27.5 Å². The molecule has 1 fully saturated rings. The van der Waals surface area contributed by atoms with Gasteiger partial charge in [0.25, 0.3) is 11.5 Å². The number of anilines is 1. The van der Waals surface area contributed by atoms with Crippen LogP contribution in [-0.2, 0) is 13.5 Å². The van der Waals surface area contributed by atoms with Crippen LogP contribution in [0.5, 0.6) is 11.5 Å². The van der Waals surface area contributed by atoms with Gasteiger partial charge in [0, 0.05) is 18.7 Å². The maximum Gasteiger partial charge on any atom is 0.291 e. The molecule has 9 heteroatoms. The zero-order chi connectivity index (χ0) is 23.8. The smallest absolute Gasteiger partial charge is 0.291 e. The van der Waals surface area contributed by atoms with Gasteiger partial charge >= 0.3 is 0 Å². The third kappa shape index (κ3) is 3.78. The number of hydrogen-bond donors (Lipinski definition) is 1. The van der Waals surface area contributed by atoms with E-state index in [-0.39, 0.29) is 17.3 Å². The maximum atomic E-state index is 13.3. The molecule has 180 valence electrons. The van der Waals surface area contributed by atoms with Crippen LogP contribution in [0.3, 0.4) is 0 Å². The minimum Gasteiger partial charge on any atom is -0.497 e. The van der Waals surface area contributed by atoms with E-state index in [0.29, 0.717) is 48.0 Å². The summed E-state index contributed by atoms with van der Waals surface area (Å²) in [6, 6.07) is 5.62. The molecule has 0 bridgehead atoms. The maximum absolute atomic E-state index is 13.3. The summed E-state index contributed by atoms with van der Waals surface area (Å²) in [4.78, 5) is 26.6. The van der Waals surface area contributed by atoms with Crippen LogP contribution in [0.4, 0.5) is 5.69 Å². The fourth-order valence-corrected chi connectivity index (χ4v) is 5.08. The highest BCUT2D eigenvalue weighted by Crippen LogP contribution is 2.38. The Hall–Kier alpha value is -3.49. The fraction of sp³-hybridized carbons (Fsp3) is 0.480. The molecule has 9 nitrogen and oxygen atoms in total. The molecule has 0 radical (unpaired) electrons. The SMILES string of the molecule is COc1ccc2c(c1)OCCCc1c(C(=O)Nc3c(C)n(C)n(C4CCCCC4)c3=O)noc1-2. The van der Waals surface area contributed by atoms with Gasteiger partial charge in [0.15, 0.2) is 11.5 Å². The molecule has 0 unspecified atom stereocenters. The average Bonchev–Trinajstić information content (AvgIpc) is 3.34. The Morgan fingerprint density at radius 3 is 2.76 bits per heavy atom. The molecule has 0 saturated heterocycles. The summed E-state index contributed by atoms with van der Waals surface area (Å²) in [6.07, 6.45) is 6.67. The van der Waals surface area contributed by atoms with Gasteiger partial charge in [0.05, 0.1) is 31.0 Å². The van der Waals surface area contributed by atoms with Gasteiger partial charge in [-0.3, -0.25) is 14.3 Å². The molecule has 1 N–H and O–H groups in total. The van der Waals surface area contributed by atoms with E-state index in [1.807, 2.05) is 30.8 Å². The second-order valence-corrected chi connectivity index (χ2v) is 9.03. The standard InChI is InChI=1S/C25H30N4O5/c1-15-21(25(31)29(28(15)2)16-8-5-4-6-9-16)26-24(30)22-19-10-7-13-33-20-14-17(32-3)11-12-18(20)23(19)34-27-22/h11-12,14,16H,4-10,13H2,1-3H3,(H,26,30). The number of nitrogens with zero attached hydrogens (tertiary/aromatic N) is 3. The number of hydrogen-bond acceptors (Lipinski definition) is 6. The molecule has 2 aromatic heterocycles. The fourth-order valence-electron chi connectivity index (χ4n) is 5.08. The first-order valence-corrected chi connectivity index (χ1v) is 11.9. The van der Waals surface area contributed by atoms with Crippen LogP contribution >= 0.6 is 0 Å². The first kappa shape index (κ1) is 22.3. The molecular formula is C25H30N4O5. The van der Waals surface area contributed by atoms with Gasteiger partial charge in [-0.05, 0) is 44.7 Å². The molecule has 34 heavy (non-hydrogen) atoms. The first-order chi connectivity index (χ1) is 16.5. The number of amides is 1. The van der Waals surface area contributed by atoms with Crippen molar-refractivity contribution in [1.82, 2.24) is 14.5 Å². The van der Waals surface area contributed by atoms with Crippen molar-refractivity contribution in [3.8, 4) is 22.8 Å². The number of methoxy groups -OCH3 is 1. The van der Waals surface area contributed by atoms with Crippen LogP contribution in [-0.4, -0.2) is 34.1 Å².